The summed E-state index contributed by atoms with van der Waals surface area (Å²) in [5.74, 6) is -0.0271. The van der Waals surface area contributed by atoms with Gasteiger partial charge in [-0.1, -0.05) is 29.8 Å². The molecule has 0 heterocycles. The van der Waals surface area contributed by atoms with Crippen LogP contribution in [0.25, 0.3) is 0 Å². The minimum atomic E-state index is -0.904. The highest BCUT2D eigenvalue weighted by atomic mass is 16.5. The van der Waals surface area contributed by atoms with E-state index in [-0.39, 0.29) is 0 Å². The molecule has 0 aromatic heterocycles. The van der Waals surface area contributed by atoms with E-state index < -0.39 is 5.97 Å². The van der Waals surface area contributed by atoms with Crippen molar-refractivity contribution in [1.29, 1.82) is 0 Å². The van der Waals surface area contributed by atoms with Crippen molar-refractivity contribution in [3.8, 4) is 5.75 Å². The number of unbranched alkanes of at least 4 members (excludes halogenated alkanes) is 1. The van der Waals surface area contributed by atoms with Crippen molar-refractivity contribution in [2.24, 2.45) is 0 Å². The molecule has 4 heteroatoms. The fourth-order valence-corrected chi connectivity index (χ4v) is 2.15. The number of hydrogen-bond donors (Lipinski definition) is 2. The SMILES string of the molecule is Cc1ccc(NCCCCOc2ccccc2)c(C(=O)O)c1. The number of ether oxygens (including phenoxy) is 1. The van der Waals surface area contributed by atoms with Gasteiger partial charge in [-0.05, 0) is 44.0 Å². The second kappa shape index (κ2) is 8.08. The monoisotopic (exact) mass is 299 g/mol. The first-order valence-electron chi connectivity index (χ1n) is 7.42. The molecule has 2 rings (SSSR count). The predicted octanol–water partition coefficient (Wildman–Crippen LogP) is 3.96. The molecule has 0 aliphatic heterocycles. The van der Waals surface area contributed by atoms with Gasteiger partial charge >= 0.3 is 5.97 Å². The second-order valence-corrected chi connectivity index (χ2v) is 5.15. The minimum Gasteiger partial charge on any atom is -0.494 e. The molecular formula is C18H21NO3. The Labute approximate surface area is 130 Å². The Kier molecular flexibility index (Phi) is 5.83. The number of carboxylic acid groups (broad SMARTS) is 1. The van der Waals surface area contributed by atoms with E-state index in [1.165, 1.54) is 0 Å². The normalized spacial score (nSPS) is 10.2. The van der Waals surface area contributed by atoms with Crippen LogP contribution < -0.4 is 10.1 Å². The van der Waals surface area contributed by atoms with E-state index in [1.807, 2.05) is 49.4 Å². The Bertz CT molecular complexity index is 611. The molecule has 0 unspecified atom stereocenters. The summed E-state index contributed by atoms with van der Waals surface area (Å²) < 4.78 is 5.61. The van der Waals surface area contributed by atoms with Gasteiger partial charge in [0.1, 0.15) is 5.75 Å². The molecule has 0 radical (unpaired) electrons. The maximum absolute atomic E-state index is 11.2. The molecule has 0 saturated heterocycles. The number of anilines is 1. The quantitative estimate of drug-likeness (QED) is 0.724. The van der Waals surface area contributed by atoms with Crippen molar-refractivity contribution in [2.75, 3.05) is 18.5 Å². The topological polar surface area (TPSA) is 58.6 Å². The Morgan fingerprint density at radius 1 is 1.14 bits per heavy atom. The molecule has 0 atom stereocenters. The highest BCUT2D eigenvalue weighted by molar-refractivity contribution is 5.94. The Balaban J connectivity index is 1.72. The molecule has 2 N–H and O–H groups in total. The lowest BCUT2D eigenvalue weighted by Crippen LogP contribution is -2.09. The van der Waals surface area contributed by atoms with Gasteiger partial charge < -0.3 is 15.2 Å². The third-order valence-corrected chi connectivity index (χ3v) is 3.30. The third kappa shape index (κ3) is 4.81. The molecule has 0 fully saturated rings. The number of carbonyl (C=O) groups is 1. The fraction of sp³-hybridized carbons (Fsp3) is 0.278. The summed E-state index contributed by atoms with van der Waals surface area (Å²) in [4.78, 5) is 11.2. The van der Waals surface area contributed by atoms with E-state index >= 15 is 0 Å². The number of nitrogens with one attached hydrogen (secondary N) is 1. The standard InChI is InChI=1S/C18H21NO3/c1-14-9-10-17(16(13-14)18(20)21)19-11-5-6-12-22-15-7-3-2-4-8-15/h2-4,7-10,13,19H,5-6,11-12H2,1H3,(H,20,21). The van der Waals surface area contributed by atoms with E-state index in [0.717, 1.165) is 30.7 Å². The number of rotatable bonds is 8. The van der Waals surface area contributed by atoms with E-state index in [2.05, 4.69) is 5.32 Å². The molecule has 116 valence electrons. The number of aromatic carboxylic acids is 1. The van der Waals surface area contributed by atoms with E-state index in [1.54, 1.807) is 6.07 Å². The van der Waals surface area contributed by atoms with Gasteiger partial charge in [-0.2, -0.15) is 0 Å². The maximum atomic E-state index is 11.2. The smallest absolute Gasteiger partial charge is 0.337 e. The zero-order valence-electron chi connectivity index (χ0n) is 12.7. The summed E-state index contributed by atoms with van der Waals surface area (Å²) in [5, 5.41) is 12.4. The first-order valence-corrected chi connectivity index (χ1v) is 7.42. The van der Waals surface area contributed by atoms with Gasteiger partial charge in [-0.25, -0.2) is 4.79 Å². The summed E-state index contributed by atoms with van der Waals surface area (Å²) in [5.41, 5.74) is 1.93. The van der Waals surface area contributed by atoms with Gasteiger partial charge in [-0.15, -0.1) is 0 Å². The van der Waals surface area contributed by atoms with E-state index in [4.69, 9.17) is 4.74 Å². The molecule has 2 aromatic rings. The minimum absolute atomic E-state index is 0.320. The number of para-hydroxylation sites is 1. The number of aryl methyl sites for hydroxylation is 1. The van der Waals surface area contributed by atoms with Crippen molar-refractivity contribution < 1.29 is 14.6 Å². The van der Waals surface area contributed by atoms with Gasteiger partial charge in [0.2, 0.25) is 0 Å². The predicted molar refractivity (Wildman–Crippen MR) is 87.8 cm³/mol. The number of carboxylic acids is 1. The van der Waals surface area contributed by atoms with Crippen LogP contribution in [0.3, 0.4) is 0 Å². The molecule has 22 heavy (non-hydrogen) atoms. The van der Waals surface area contributed by atoms with Crippen LogP contribution in [0.2, 0.25) is 0 Å². The Morgan fingerprint density at radius 2 is 1.91 bits per heavy atom. The summed E-state index contributed by atoms with van der Waals surface area (Å²) in [6.45, 7) is 3.27. The van der Waals surface area contributed by atoms with Crippen molar-refractivity contribution in [1.82, 2.24) is 0 Å². The van der Waals surface area contributed by atoms with Crippen molar-refractivity contribution >= 4 is 11.7 Å². The molecular weight excluding hydrogens is 278 g/mol. The average molecular weight is 299 g/mol. The maximum Gasteiger partial charge on any atom is 0.337 e. The number of hydrogen-bond acceptors (Lipinski definition) is 3. The Morgan fingerprint density at radius 3 is 2.64 bits per heavy atom. The largest absolute Gasteiger partial charge is 0.494 e. The van der Waals surface area contributed by atoms with Crippen molar-refractivity contribution in [3.05, 3.63) is 59.7 Å². The highest BCUT2D eigenvalue weighted by Gasteiger charge is 2.09. The second-order valence-electron chi connectivity index (χ2n) is 5.15. The zero-order chi connectivity index (χ0) is 15.8. The molecule has 0 spiro atoms. The lowest BCUT2D eigenvalue weighted by atomic mass is 10.1. The third-order valence-electron chi connectivity index (χ3n) is 3.30. The van der Waals surface area contributed by atoms with Crippen molar-refractivity contribution in [3.63, 3.8) is 0 Å². The van der Waals surface area contributed by atoms with Crippen LogP contribution in [-0.4, -0.2) is 24.2 Å². The molecule has 0 bridgehead atoms. The highest BCUT2D eigenvalue weighted by Crippen LogP contribution is 2.17. The van der Waals surface area contributed by atoms with Gasteiger partial charge in [0.25, 0.3) is 0 Å². The molecule has 0 saturated carbocycles. The van der Waals surface area contributed by atoms with Gasteiger partial charge in [-0.3, -0.25) is 0 Å². The first kappa shape index (κ1) is 15.9. The van der Waals surface area contributed by atoms with Crippen LogP contribution in [0.5, 0.6) is 5.75 Å². The van der Waals surface area contributed by atoms with Crippen LogP contribution >= 0.6 is 0 Å². The van der Waals surface area contributed by atoms with Gasteiger partial charge in [0, 0.05) is 12.2 Å². The summed E-state index contributed by atoms with van der Waals surface area (Å²) in [6, 6.07) is 15.1. The average Bonchev–Trinajstić information content (AvgIpc) is 2.52. The van der Waals surface area contributed by atoms with Crippen molar-refractivity contribution in [2.45, 2.75) is 19.8 Å². The lowest BCUT2D eigenvalue weighted by Gasteiger charge is -2.10. The molecule has 0 aliphatic carbocycles. The first-order chi connectivity index (χ1) is 10.7. The molecule has 0 amide bonds. The van der Waals surface area contributed by atoms with Crippen LogP contribution in [0, 0.1) is 6.92 Å². The molecule has 0 aliphatic rings. The van der Waals surface area contributed by atoms with Crippen LogP contribution in [0.4, 0.5) is 5.69 Å². The summed E-state index contributed by atoms with van der Waals surface area (Å²) in [7, 11) is 0. The van der Waals surface area contributed by atoms with Gasteiger partial charge in [0.15, 0.2) is 0 Å². The van der Waals surface area contributed by atoms with Crippen LogP contribution in [-0.2, 0) is 0 Å². The zero-order valence-corrected chi connectivity index (χ0v) is 12.7. The summed E-state index contributed by atoms with van der Waals surface area (Å²) in [6.07, 6.45) is 1.83. The van der Waals surface area contributed by atoms with Crippen LogP contribution in [0.1, 0.15) is 28.8 Å². The molecule has 4 nitrogen and oxygen atoms in total. The van der Waals surface area contributed by atoms with Crippen LogP contribution in [0.15, 0.2) is 48.5 Å². The number of benzene rings is 2. The van der Waals surface area contributed by atoms with E-state index in [0.29, 0.717) is 17.9 Å². The molecule has 2 aromatic carbocycles. The summed E-state index contributed by atoms with van der Waals surface area (Å²) >= 11 is 0. The Hall–Kier alpha value is -2.49. The van der Waals surface area contributed by atoms with Gasteiger partial charge in [0.05, 0.1) is 12.2 Å². The lowest BCUT2D eigenvalue weighted by molar-refractivity contribution is 0.0698. The fourth-order valence-electron chi connectivity index (χ4n) is 2.15. The van der Waals surface area contributed by atoms with E-state index in [9.17, 15) is 9.90 Å².